The molecule has 0 spiro atoms. The van der Waals surface area contributed by atoms with E-state index >= 15 is 0 Å². The Labute approximate surface area is 157 Å². The number of rotatable bonds is 8. The molecule has 1 fully saturated rings. The third kappa shape index (κ3) is 4.36. The zero-order chi connectivity index (χ0) is 19.2. The van der Waals surface area contributed by atoms with Gasteiger partial charge in [-0.15, -0.1) is 0 Å². The van der Waals surface area contributed by atoms with Crippen LogP contribution in [0.2, 0.25) is 0 Å². The predicted octanol–water partition coefficient (Wildman–Crippen LogP) is 2.46. The number of unbranched alkanes of at least 4 members (excludes halogenated alkanes) is 1. The molecule has 4 amide bonds. The Bertz CT molecular complexity index is 868. The fourth-order valence-electron chi connectivity index (χ4n) is 3.01. The van der Waals surface area contributed by atoms with E-state index in [1.165, 1.54) is 6.08 Å². The van der Waals surface area contributed by atoms with Crippen molar-refractivity contribution in [1.29, 1.82) is 0 Å². The summed E-state index contributed by atoms with van der Waals surface area (Å²) in [5.74, 6) is 0.311. The van der Waals surface area contributed by atoms with Gasteiger partial charge in [0.05, 0.1) is 6.54 Å². The summed E-state index contributed by atoms with van der Waals surface area (Å²) in [6, 6.07) is 7.34. The van der Waals surface area contributed by atoms with Crippen molar-refractivity contribution in [2.75, 3.05) is 19.6 Å². The first-order valence-electron chi connectivity index (χ1n) is 9.14. The van der Waals surface area contributed by atoms with Crippen LogP contribution in [0.25, 0.3) is 17.0 Å². The quantitative estimate of drug-likeness (QED) is 0.552. The number of nitrogens with one attached hydrogen (secondary N) is 2. The van der Waals surface area contributed by atoms with Crippen molar-refractivity contribution in [3.63, 3.8) is 0 Å². The van der Waals surface area contributed by atoms with Gasteiger partial charge < -0.3 is 15.1 Å². The van der Waals surface area contributed by atoms with E-state index in [0.29, 0.717) is 0 Å². The van der Waals surface area contributed by atoms with Crippen LogP contribution in [0, 0.1) is 0 Å². The molecule has 0 atom stereocenters. The first-order chi connectivity index (χ1) is 13.1. The second-order valence-corrected chi connectivity index (χ2v) is 6.37. The fraction of sp³-hybridized carbons (Fsp3) is 0.350. The van der Waals surface area contributed by atoms with E-state index < -0.39 is 6.03 Å². The minimum Gasteiger partial charge on any atom is -0.460 e. The van der Waals surface area contributed by atoms with E-state index in [2.05, 4.69) is 17.6 Å². The molecular weight excluding hydrogens is 346 g/mol. The van der Waals surface area contributed by atoms with Crippen LogP contribution in [-0.2, 0) is 16.0 Å². The number of carbonyl (C=O) groups is 3. The van der Waals surface area contributed by atoms with Gasteiger partial charge in [-0.25, -0.2) is 4.79 Å². The van der Waals surface area contributed by atoms with Crippen LogP contribution >= 0.6 is 0 Å². The maximum Gasteiger partial charge on any atom is 0.324 e. The summed E-state index contributed by atoms with van der Waals surface area (Å²) in [6.45, 7) is 2.50. The zero-order valence-electron chi connectivity index (χ0n) is 15.3. The Morgan fingerprint density at radius 3 is 2.89 bits per heavy atom. The number of amides is 4. The molecule has 1 saturated heterocycles. The lowest BCUT2D eigenvalue weighted by molar-refractivity contribution is -0.125. The lowest BCUT2D eigenvalue weighted by Gasteiger charge is -2.11. The molecule has 1 aliphatic heterocycles. The van der Waals surface area contributed by atoms with Crippen LogP contribution in [0.1, 0.15) is 31.1 Å². The van der Waals surface area contributed by atoms with Crippen molar-refractivity contribution in [2.24, 2.45) is 0 Å². The Hall–Kier alpha value is -3.09. The Morgan fingerprint density at radius 1 is 1.33 bits per heavy atom. The fourth-order valence-corrected chi connectivity index (χ4v) is 3.01. The van der Waals surface area contributed by atoms with E-state index in [1.54, 1.807) is 6.08 Å². The van der Waals surface area contributed by atoms with Gasteiger partial charge in [-0.05, 0) is 18.6 Å². The van der Waals surface area contributed by atoms with Crippen molar-refractivity contribution in [2.45, 2.75) is 26.2 Å². The van der Waals surface area contributed by atoms with Crippen LogP contribution in [0.15, 0.2) is 34.8 Å². The molecule has 0 aliphatic carbocycles. The molecule has 1 aromatic heterocycles. The number of benzene rings is 1. The molecule has 1 aromatic carbocycles. The largest absolute Gasteiger partial charge is 0.460 e. The highest BCUT2D eigenvalue weighted by molar-refractivity contribution is 6.02. The zero-order valence-corrected chi connectivity index (χ0v) is 15.3. The van der Waals surface area contributed by atoms with Crippen LogP contribution in [0.5, 0.6) is 0 Å². The van der Waals surface area contributed by atoms with Crippen molar-refractivity contribution in [1.82, 2.24) is 15.5 Å². The lowest BCUT2D eigenvalue weighted by Crippen LogP contribution is -2.38. The summed E-state index contributed by atoms with van der Waals surface area (Å²) < 4.78 is 5.93. The minimum atomic E-state index is -0.421. The number of aryl methyl sites for hydroxylation is 1. The molecule has 1 aliphatic rings. The molecule has 2 heterocycles. The van der Waals surface area contributed by atoms with Crippen LogP contribution in [0.3, 0.4) is 0 Å². The summed E-state index contributed by atoms with van der Waals surface area (Å²) in [5, 5.41) is 6.11. The summed E-state index contributed by atoms with van der Waals surface area (Å²) in [5.41, 5.74) is 1.73. The Kier molecular flexibility index (Phi) is 5.90. The molecule has 142 valence electrons. The summed E-state index contributed by atoms with van der Waals surface area (Å²) in [6.07, 6.45) is 6.11. The maximum absolute atomic E-state index is 12.1. The molecule has 7 heteroatoms. The third-order valence-electron chi connectivity index (χ3n) is 4.44. The number of fused-ring (bicyclic) bond motifs is 1. The van der Waals surface area contributed by atoms with Crippen molar-refractivity contribution >= 4 is 34.9 Å². The topological polar surface area (TPSA) is 91.7 Å². The van der Waals surface area contributed by atoms with E-state index in [4.69, 9.17) is 4.42 Å². The smallest absolute Gasteiger partial charge is 0.324 e. The normalized spacial score (nSPS) is 14.3. The lowest BCUT2D eigenvalue weighted by atomic mass is 10.1. The number of hydrogen-bond donors (Lipinski definition) is 2. The van der Waals surface area contributed by atoms with Crippen LogP contribution in [0.4, 0.5) is 4.79 Å². The average Bonchev–Trinajstić information content (AvgIpc) is 3.18. The molecule has 2 N–H and O–H groups in total. The van der Waals surface area contributed by atoms with Crippen LogP contribution < -0.4 is 10.6 Å². The number of para-hydroxylation sites is 1. The second kappa shape index (κ2) is 8.53. The minimum absolute atomic E-state index is 0.0147. The summed E-state index contributed by atoms with van der Waals surface area (Å²) in [4.78, 5) is 36.1. The van der Waals surface area contributed by atoms with Crippen molar-refractivity contribution in [3.05, 3.63) is 41.7 Å². The number of furan rings is 1. The van der Waals surface area contributed by atoms with Crippen molar-refractivity contribution in [3.8, 4) is 0 Å². The van der Waals surface area contributed by atoms with Gasteiger partial charge in [0.25, 0.3) is 0 Å². The molecule has 0 radical (unpaired) electrons. The van der Waals surface area contributed by atoms with Crippen LogP contribution in [-0.4, -0.2) is 42.4 Å². The first-order valence-corrected chi connectivity index (χ1v) is 9.14. The summed E-state index contributed by atoms with van der Waals surface area (Å²) >= 11 is 0. The van der Waals surface area contributed by atoms with Gasteiger partial charge in [0.1, 0.15) is 11.3 Å². The van der Waals surface area contributed by atoms with Crippen molar-refractivity contribution < 1.29 is 18.8 Å². The van der Waals surface area contributed by atoms with Gasteiger partial charge in [0, 0.05) is 36.5 Å². The van der Waals surface area contributed by atoms with Gasteiger partial charge in [-0.3, -0.25) is 14.5 Å². The van der Waals surface area contributed by atoms with Gasteiger partial charge in [0.15, 0.2) is 0 Å². The molecule has 2 aromatic rings. The monoisotopic (exact) mass is 369 g/mol. The second-order valence-electron chi connectivity index (χ2n) is 6.37. The molecule has 27 heavy (non-hydrogen) atoms. The number of carbonyl (C=O) groups excluding carboxylic acids is 3. The summed E-state index contributed by atoms with van der Waals surface area (Å²) in [7, 11) is 0. The number of urea groups is 1. The number of imide groups is 1. The van der Waals surface area contributed by atoms with E-state index in [9.17, 15) is 14.4 Å². The SMILES string of the molecule is CCCCc1oc2ccccc2c1C=CC(=O)NCCN1C(=O)CNC1=O. The van der Waals surface area contributed by atoms with Gasteiger partial charge >= 0.3 is 6.03 Å². The standard InChI is InChI=1S/C20H23N3O4/c1-2-3-7-16-15(14-6-4-5-8-17(14)27-16)9-10-18(24)21-11-12-23-19(25)13-22-20(23)26/h4-6,8-10H,2-3,7,11-13H2,1H3,(H,21,24)(H,22,26). The molecular formula is C20H23N3O4. The van der Waals surface area contributed by atoms with E-state index in [-0.39, 0.29) is 31.4 Å². The predicted molar refractivity (Wildman–Crippen MR) is 102 cm³/mol. The maximum atomic E-state index is 12.1. The van der Waals surface area contributed by atoms with Gasteiger partial charge in [-0.2, -0.15) is 0 Å². The molecule has 0 unspecified atom stereocenters. The van der Waals surface area contributed by atoms with Gasteiger partial charge in [-0.1, -0.05) is 31.5 Å². The average molecular weight is 369 g/mol. The highest BCUT2D eigenvalue weighted by Crippen LogP contribution is 2.28. The number of nitrogens with zero attached hydrogens (tertiary/aromatic N) is 1. The Balaban J connectivity index is 1.63. The molecule has 7 nitrogen and oxygen atoms in total. The van der Waals surface area contributed by atoms with E-state index in [0.717, 1.165) is 46.5 Å². The number of hydrogen-bond acceptors (Lipinski definition) is 4. The highest BCUT2D eigenvalue weighted by Gasteiger charge is 2.27. The third-order valence-corrected chi connectivity index (χ3v) is 4.44. The Morgan fingerprint density at radius 2 is 2.15 bits per heavy atom. The van der Waals surface area contributed by atoms with E-state index in [1.807, 2.05) is 24.3 Å². The molecule has 0 saturated carbocycles. The first kappa shape index (κ1) is 18.7. The highest BCUT2D eigenvalue weighted by atomic mass is 16.3. The molecule has 0 bridgehead atoms. The molecule has 3 rings (SSSR count). The van der Waals surface area contributed by atoms with Gasteiger partial charge in [0.2, 0.25) is 11.8 Å².